The molecule has 0 saturated carbocycles. The fourth-order valence-corrected chi connectivity index (χ4v) is 2.67. The molecule has 0 aliphatic heterocycles. The Bertz CT molecular complexity index is 116. The van der Waals surface area contributed by atoms with Crippen LogP contribution in [0.3, 0.4) is 0 Å². The summed E-state index contributed by atoms with van der Waals surface area (Å²) in [7, 11) is 0. The fraction of sp³-hybridized carbons (Fsp3) is 1.00. The molecule has 0 bridgehead atoms. The van der Waals surface area contributed by atoms with E-state index in [1.54, 1.807) is 0 Å². The predicted molar refractivity (Wildman–Crippen MR) is 41.2 cm³/mol. The first kappa shape index (κ1) is 9.32. The Morgan fingerprint density at radius 1 is 1.56 bits per heavy atom. The summed E-state index contributed by atoms with van der Waals surface area (Å²) in [5.41, 5.74) is 9.21. The summed E-state index contributed by atoms with van der Waals surface area (Å²) in [6.07, 6.45) is 0.906. The van der Waals surface area contributed by atoms with Gasteiger partial charge >= 0.3 is 59.0 Å². The van der Waals surface area contributed by atoms with Crippen LogP contribution in [0.2, 0.25) is 16.6 Å². The molecule has 0 spiro atoms. The van der Waals surface area contributed by atoms with Gasteiger partial charge in [-0.15, -0.1) is 0 Å². The molecule has 0 aliphatic carbocycles. The predicted octanol–water partition coefficient (Wildman–Crippen LogP) is 1.36. The molecule has 56 valence electrons. The maximum absolute atomic E-state index is 11.1. The van der Waals surface area contributed by atoms with E-state index in [2.05, 4.69) is 0 Å². The van der Waals surface area contributed by atoms with E-state index in [1.807, 2.05) is 18.3 Å². The van der Waals surface area contributed by atoms with Crippen LogP contribution < -0.4 is 5.73 Å². The zero-order valence-corrected chi connectivity index (χ0v) is 8.30. The van der Waals surface area contributed by atoms with E-state index >= 15 is 0 Å². The van der Waals surface area contributed by atoms with Crippen molar-refractivity contribution in [3.05, 3.63) is 0 Å². The second-order valence-corrected chi connectivity index (χ2v) is 10.6. The van der Waals surface area contributed by atoms with E-state index in [9.17, 15) is 3.74 Å². The summed E-state index contributed by atoms with van der Waals surface area (Å²) >= 11 is -2.35. The molecule has 2 N–H and O–H groups in total. The van der Waals surface area contributed by atoms with Gasteiger partial charge in [0.2, 0.25) is 0 Å². The Balaban J connectivity index is 3.40. The third kappa shape index (κ3) is 8.32. The Labute approximate surface area is 59.5 Å². The van der Waals surface area contributed by atoms with Gasteiger partial charge in [0.1, 0.15) is 0 Å². The average molecular weight is 193 g/mol. The van der Waals surface area contributed by atoms with E-state index in [1.165, 1.54) is 0 Å². The van der Waals surface area contributed by atoms with E-state index in [0.29, 0.717) is 0 Å². The fourth-order valence-electron chi connectivity index (χ4n) is 0.515. The first-order valence-electron chi connectivity index (χ1n) is 3.21. The van der Waals surface area contributed by atoms with Crippen LogP contribution in [0, 0.1) is 0 Å². The molecule has 0 heterocycles. The Hall–Kier alpha value is 0.318. The van der Waals surface area contributed by atoms with Crippen molar-refractivity contribution in [3.8, 4) is 0 Å². The molecule has 0 fully saturated rings. The van der Waals surface area contributed by atoms with E-state index in [4.69, 9.17) is 5.73 Å². The summed E-state index contributed by atoms with van der Waals surface area (Å²) < 4.78 is 11.1. The quantitative estimate of drug-likeness (QED) is 0.687. The maximum atomic E-state index is 11.1. The zero-order chi connectivity index (χ0) is 7.49. The second kappa shape index (κ2) is 3.48. The summed E-state index contributed by atoms with van der Waals surface area (Å²) in [6, 6.07) is 0.208. The molecule has 1 unspecified atom stereocenters. The minimum absolute atomic E-state index is 0.208. The molecule has 0 aromatic rings. The number of hydrogen-bond acceptors (Lipinski definition) is 2. The molecular formula is C6H16AsNO. The van der Waals surface area contributed by atoms with Gasteiger partial charge in [-0.25, -0.2) is 0 Å². The molecular weight excluding hydrogens is 177 g/mol. The molecule has 0 aromatic carbocycles. The van der Waals surface area contributed by atoms with Gasteiger partial charge in [-0.2, -0.15) is 0 Å². The topological polar surface area (TPSA) is 43.1 Å². The number of nitrogens with two attached hydrogens (primary N) is 1. The van der Waals surface area contributed by atoms with Crippen molar-refractivity contribution >= 4 is 13.5 Å². The van der Waals surface area contributed by atoms with Crippen LogP contribution in [-0.2, 0) is 3.74 Å². The zero-order valence-electron chi connectivity index (χ0n) is 6.42. The molecule has 0 saturated heterocycles. The minimum atomic E-state index is -2.35. The first-order valence-corrected chi connectivity index (χ1v) is 9.06. The van der Waals surface area contributed by atoms with Crippen LogP contribution >= 0.6 is 0 Å². The molecule has 0 radical (unpaired) electrons. The average Bonchev–Trinajstić information content (AvgIpc) is 1.59. The van der Waals surface area contributed by atoms with Crippen LogP contribution in [0.5, 0.6) is 0 Å². The van der Waals surface area contributed by atoms with Gasteiger partial charge in [0.25, 0.3) is 0 Å². The molecule has 2 nitrogen and oxygen atoms in total. The van der Waals surface area contributed by atoms with Gasteiger partial charge in [-0.3, -0.25) is 0 Å². The van der Waals surface area contributed by atoms with Gasteiger partial charge in [0.05, 0.1) is 0 Å². The van der Waals surface area contributed by atoms with E-state index < -0.39 is 13.5 Å². The summed E-state index contributed by atoms with van der Waals surface area (Å²) in [5, 5.41) is 0.843. The summed E-state index contributed by atoms with van der Waals surface area (Å²) in [6.45, 7) is 1.95. The van der Waals surface area contributed by atoms with Gasteiger partial charge < -0.3 is 0 Å². The Morgan fingerprint density at radius 2 is 2.00 bits per heavy atom. The number of hydrogen-bond donors (Lipinski definition) is 1. The molecule has 1 atom stereocenters. The van der Waals surface area contributed by atoms with Crippen LogP contribution in [0.25, 0.3) is 0 Å². The second-order valence-electron chi connectivity index (χ2n) is 3.06. The van der Waals surface area contributed by atoms with Crippen LogP contribution in [0.15, 0.2) is 0 Å². The van der Waals surface area contributed by atoms with Crippen molar-refractivity contribution in [2.75, 3.05) is 0 Å². The van der Waals surface area contributed by atoms with Gasteiger partial charge in [-0.1, -0.05) is 0 Å². The van der Waals surface area contributed by atoms with Crippen molar-refractivity contribution in [3.63, 3.8) is 0 Å². The van der Waals surface area contributed by atoms with E-state index in [0.717, 1.165) is 11.6 Å². The van der Waals surface area contributed by atoms with Crippen LogP contribution in [-0.4, -0.2) is 19.5 Å². The normalized spacial score (nSPS) is 15.6. The molecule has 0 rings (SSSR count). The van der Waals surface area contributed by atoms with Crippen molar-refractivity contribution in [1.29, 1.82) is 0 Å². The van der Waals surface area contributed by atoms with Crippen LogP contribution in [0.4, 0.5) is 0 Å². The van der Waals surface area contributed by atoms with Gasteiger partial charge in [-0.05, 0) is 0 Å². The molecule has 0 aromatic heterocycles. The van der Waals surface area contributed by atoms with Crippen LogP contribution in [0.1, 0.15) is 13.3 Å². The summed E-state index contributed by atoms with van der Waals surface area (Å²) in [4.78, 5) is 0. The Kier molecular flexibility index (Phi) is 3.60. The third-order valence-electron chi connectivity index (χ3n) is 1.12. The molecule has 0 aliphatic rings. The standard InChI is InChI=1S/C6H16AsNO/c1-6(8)4-5-7(2,3)9/h6H,4-5,8H2,1-3H3. The van der Waals surface area contributed by atoms with Crippen molar-refractivity contribution in [2.45, 2.75) is 36.0 Å². The molecule has 9 heavy (non-hydrogen) atoms. The van der Waals surface area contributed by atoms with Crippen molar-refractivity contribution < 1.29 is 3.74 Å². The summed E-state index contributed by atoms with van der Waals surface area (Å²) in [5.74, 6) is 0. The first-order chi connectivity index (χ1) is 3.92. The number of rotatable bonds is 3. The van der Waals surface area contributed by atoms with Gasteiger partial charge in [0, 0.05) is 0 Å². The van der Waals surface area contributed by atoms with E-state index in [-0.39, 0.29) is 6.04 Å². The van der Waals surface area contributed by atoms with Crippen molar-refractivity contribution in [1.82, 2.24) is 0 Å². The third-order valence-corrected chi connectivity index (χ3v) is 3.92. The SMILES string of the molecule is CC(N)CC[As](C)(C)=O. The molecule has 0 amide bonds. The Morgan fingerprint density at radius 3 is 2.11 bits per heavy atom. The van der Waals surface area contributed by atoms with Crippen molar-refractivity contribution in [2.24, 2.45) is 5.73 Å². The monoisotopic (exact) mass is 193 g/mol. The molecule has 3 heteroatoms. The van der Waals surface area contributed by atoms with Gasteiger partial charge in [0.15, 0.2) is 0 Å².